The molecule has 16 aromatic carbocycles. The van der Waals surface area contributed by atoms with E-state index in [0.29, 0.717) is 34.9 Å². The second kappa shape index (κ2) is 23.0. The van der Waals surface area contributed by atoms with Gasteiger partial charge in [0.2, 0.25) is 0 Å². The Kier molecular flexibility index (Phi) is 13.4. The third-order valence-corrected chi connectivity index (χ3v) is 17.8. The summed E-state index contributed by atoms with van der Waals surface area (Å²) in [5.41, 5.74) is 10.5. The highest BCUT2D eigenvalue weighted by atomic mass is 15.0. The van der Waals surface area contributed by atoms with Crippen molar-refractivity contribution in [2.75, 3.05) is 0 Å². The van der Waals surface area contributed by atoms with Gasteiger partial charge in [0.05, 0.1) is 0 Å². The maximum absolute atomic E-state index is 5.02. The molecule has 0 amide bonds. The van der Waals surface area contributed by atoms with Crippen molar-refractivity contribution in [1.82, 2.24) is 29.9 Å². The fourth-order valence-corrected chi connectivity index (χ4v) is 13.2. The summed E-state index contributed by atoms with van der Waals surface area (Å²) >= 11 is 0. The molecule has 0 saturated carbocycles. The number of hydrogen-bond acceptors (Lipinski definition) is 6. The smallest absolute Gasteiger partial charge is 0.164 e. The summed E-state index contributed by atoms with van der Waals surface area (Å²) in [5.74, 6) is 3.95. The summed E-state index contributed by atoms with van der Waals surface area (Å²) < 4.78 is 0. The molecule has 0 unspecified atom stereocenters. The summed E-state index contributed by atoms with van der Waals surface area (Å²) in [5, 5.41) is 19.9. The van der Waals surface area contributed by atoms with Gasteiger partial charge in [-0.15, -0.1) is 0 Å². The normalized spacial score (nSPS) is 11.5. The van der Waals surface area contributed by atoms with Gasteiger partial charge in [-0.05, 0) is 133 Å². The first-order valence-corrected chi connectivity index (χ1v) is 31.1. The molecule has 0 aliphatic heterocycles. The van der Waals surface area contributed by atoms with Crippen LogP contribution in [0, 0.1) is 0 Å². The summed E-state index contributed by atoms with van der Waals surface area (Å²) in [7, 11) is 0. The van der Waals surface area contributed by atoms with E-state index in [9.17, 15) is 0 Å². The van der Waals surface area contributed by atoms with Crippen molar-refractivity contribution >= 4 is 86.2 Å². The monoisotopic (exact) mass is 1170 g/mol. The van der Waals surface area contributed by atoms with Gasteiger partial charge in [0, 0.05) is 33.4 Å². The predicted octanol–water partition coefficient (Wildman–Crippen LogP) is 22.3. The molecule has 92 heavy (non-hydrogen) atoms. The summed E-state index contributed by atoms with van der Waals surface area (Å²) in [6, 6.07) is 115. The van der Waals surface area contributed by atoms with E-state index in [-0.39, 0.29) is 0 Å². The first-order chi connectivity index (χ1) is 45.6. The highest BCUT2D eigenvalue weighted by molar-refractivity contribution is 6.19. The Labute approximate surface area is 531 Å². The molecule has 18 rings (SSSR count). The second-order valence-corrected chi connectivity index (χ2v) is 23.3. The molecule has 428 valence electrons. The minimum absolute atomic E-state index is 0.653. The molecule has 0 aliphatic rings. The van der Waals surface area contributed by atoms with Crippen molar-refractivity contribution in [2.24, 2.45) is 0 Å². The minimum atomic E-state index is 0.653. The van der Waals surface area contributed by atoms with Gasteiger partial charge in [-0.3, -0.25) is 0 Å². The minimum Gasteiger partial charge on any atom is -0.208 e. The van der Waals surface area contributed by atoms with E-state index in [2.05, 4.69) is 237 Å². The van der Waals surface area contributed by atoms with Crippen LogP contribution in [0.4, 0.5) is 0 Å². The van der Waals surface area contributed by atoms with Crippen LogP contribution in [0.25, 0.3) is 177 Å². The highest BCUT2D eigenvalue weighted by Gasteiger charge is 2.18. The quantitative estimate of drug-likeness (QED) is 0.141. The number of hydrogen-bond donors (Lipinski definition) is 0. The van der Waals surface area contributed by atoms with Crippen LogP contribution in [0.5, 0.6) is 0 Å². The Hall–Kier alpha value is -12.4. The molecule has 2 heterocycles. The Balaban J connectivity index is 0.000000141. The molecular formula is C86H54N6. The standard InChI is InChI=1S/2C43H27N3/c1-3-12-29(13-4-1)41-44-42(30-14-5-2-6-15-30)46-43(45-41)40-26-25-35(36-17-9-10-18-37(36)40)31-20-22-34-32(27-31)21-24-38-33-16-8-7-11-28(33)19-23-39(34)38;1-2-10-31(11-3-1)41-44-42(46-43(45-41)36-19-16-28-8-4-5-12-33(28)27-36)32-17-14-29(15-18-32)34-21-23-38-35(26-34)22-25-39-37-13-7-6-9-30(37)20-24-40(38)39/h2*1-27H. The maximum Gasteiger partial charge on any atom is 0.164 e. The van der Waals surface area contributed by atoms with Gasteiger partial charge in [0.25, 0.3) is 0 Å². The topological polar surface area (TPSA) is 77.3 Å². The molecule has 6 nitrogen and oxygen atoms in total. The van der Waals surface area contributed by atoms with Crippen molar-refractivity contribution in [3.05, 3.63) is 328 Å². The van der Waals surface area contributed by atoms with Gasteiger partial charge < -0.3 is 0 Å². The van der Waals surface area contributed by atoms with Gasteiger partial charge in [0.15, 0.2) is 34.9 Å². The number of nitrogens with zero attached hydrogens (tertiary/aromatic N) is 6. The van der Waals surface area contributed by atoms with Crippen molar-refractivity contribution in [2.45, 2.75) is 0 Å². The molecule has 0 spiro atoms. The lowest BCUT2D eigenvalue weighted by molar-refractivity contribution is 1.07. The number of rotatable bonds is 8. The average molecular weight is 1170 g/mol. The largest absolute Gasteiger partial charge is 0.208 e. The highest BCUT2D eigenvalue weighted by Crippen LogP contribution is 2.40. The van der Waals surface area contributed by atoms with Crippen LogP contribution in [0.15, 0.2) is 328 Å². The van der Waals surface area contributed by atoms with E-state index >= 15 is 0 Å². The molecule has 0 bridgehead atoms. The maximum atomic E-state index is 5.02. The molecule has 0 radical (unpaired) electrons. The molecule has 18 aromatic rings. The van der Waals surface area contributed by atoms with Crippen LogP contribution < -0.4 is 0 Å². The summed E-state index contributed by atoms with van der Waals surface area (Å²) in [6.07, 6.45) is 0. The molecule has 0 fully saturated rings. The zero-order valence-corrected chi connectivity index (χ0v) is 49.9. The van der Waals surface area contributed by atoms with Gasteiger partial charge >= 0.3 is 0 Å². The van der Waals surface area contributed by atoms with E-state index < -0.39 is 0 Å². The van der Waals surface area contributed by atoms with E-state index in [1.54, 1.807) is 0 Å². The van der Waals surface area contributed by atoms with Gasteiger partial charge in [0.1, 0.15) is 0 Å². The molecule has 6 heteroatoms. The lowest BCUT2D eigenvalue weighted by atomic mass is 9.92. The molecule has 0 aliphatic carbocycles. The first kappa shape index (κ1) is 53.8. The SMILES string of the molecule is c1ccc(-c2nc(-c3ccc(-c4ccc5c(ccc6c7ccccc7ccc56)c4)cc3)nc(-c3ccc4ccccc4c3)n2)cc1.c1ccc(-c2nc(-c3ccccc3)nc(-c3ccc(-c4ccc5c(ccc6c7ccccc7ccc56)c4)c4ccccc34)n2)cc1. The third-order valence-electron chi connectivity index (χ3n) is 17.8. The zero-order valence-electron chi connectivity index (χ0n) is 49.9. The van der Waals surface area contributed by atoms with Crippen LogP contribution in [-0.4, -0.2) is 29.9 Å². The third kappa shape index (κ3) is 9.99. The molecular weight excluding hydrogens is 1120 g/mol. The number of aromatic nitrogens is 6. The van der Waals surface area contributed by atoms with Crippen LogP contribution >= 0.6 is 0 Å². The van der Waals surface area contributed by atoms with Gasteiger partial charge in [-0.2, -0.15) is 0 Å². The van der Waals surface area contributed by atoms with Crippen LogP contribution in [0.3, 0.4) is 0 Å². The number of fused-ring (bicyclic) bond motifs is 12. The van der Waals surface area contributed by atoms with Crippen LogP contribution in [0.1, 0.15) is 0 Å². The Bertz CT molecular complexity index is 5820. The van der Waals surface area contributed by atoms with Crippen molar-refractivity contribution in [3.63, 3.8) is 0 Å². The van der Waals surface area contributed by atoms with E-state index in [1.165, 1.54) is 86.7 Å². The number of benzene rings is 16. The molecule has 0 N–H and O–H groups in total. The summed E-state index contributed by atoms with van der Waals surface area (Å²) in [4.78, 5) is 29.8. The van der Waals surface area contributed by atoms with Crippen molar-refractivity contribution < 1.29 is 0 Å². The van der Waals surface area contributed by atoms with Crippen LogP contribution in [-0.2, 0) is 0 Å². The fraction of sp³-hybridized carbons (Fsp3) is 0. The van der Waals surface area contributed by atoms with Gasteiger partial charge in [-0.1, -0.05) is 303 Å². The van der Waals surface area contributed by atoms with Crippen molar-refractivity contribution in [3.8, 4) is 90.6 Å². The average Bonchev–Trinajstić information content (AvgIpc) is 0.815. The van der Waals surface area contributed by atoms with Gasteiger partial charge in [-0.25, -0.2) is 29.9 Å². The Morgan fingerprint density at radius 2 is 0.424 bits per heavy atom. The van der Waals surface area contributed by atoms with E-state index in [1.807, 2.05) is 91.0 Å². The van der Waals surface area contributed by atoms with E-state index in [0.717, 1.165) is 55.1 Å². The second-order valence-electron chi connectivity index (χ2n) is 23.3. The predicted molar refractivity (Wildman–Crippen MR) is 383 cm³/mol. The Morgan fingerprint density at radius 3 is 0.935 bits per heavy atom. The molecule has 2 aromatic heterocycles. The van der Waals surface area contributed by atoms with Crippen LogP contribution in [0.2, 0.25) is 0 Å². The lowest BCUT2D eigenvalue weighted by Crippen LogP contribution is -2.00. The summed E-state index contributed by atoms with van der Waals surface area (Å²) in [6.45, 7) is 0. The lowest BCUT2D eigenvalue weighted by Gasteiger charge is -2.14. The molecule has 0 saturated heterocycles. The zero-order chi connectivity index (χ0) is 60.9. The van der Waals surface area contributed by atoms with Crippen molar-refractivity contribution in [1.29, 1.82) is 0 Å². The fourth-order valence-electron chi connectivity index (χ4n) is 13.2. The molecule has 0 atom stereocenters. The van der Waals surface area contributed by atoms with E-state index in [4.69, 9.17) is 29.9 Å². The first-order valence-electron chi connectivity index (χ1n) is 31.1. The Morgan fingerprint density at radius 1 is 0.130 bits per heavy atom.